The standard InChI is InChI=1S/C14H21BrN2/c1-11(17-8-2-3-14(17)10-16)9-12-4-6-13(15)7-5-12/h4-7,11,14H,2-3,8-10,16H2,1H3. The molecule has 1 fully saturated rings. The highest BCUT2D eigenvalue weighted by atomic mass is 79.9. The number of rotatable bonds is 4. The van der Waals surface area contributed by atoms with E-state index in [4.69, 9.17) is 5.73 Å². The van der Waals surface area contributed by atoms with Crippen LogP contribution >= 0.6 is 15.9 Å². The van der Waals surface area contributed by atoms with Crippen molar-refractivity contribution in [1.82, 2.24) is 4.90 Å². The van der Waals surface area contributed by atoms with Crippen LogP contribution in [0.4, 0.5) is 0 Å². The monoisotopic (exact) mass is 296 g/mol. The molecule has 17 heavy (non-hydrogen) atoms. The highest BCUT2D eigenvalue weighted by Gasteiger charge is 2.27. The summed E-state index contributed by atoms with van der Waals surface area (Å²) >= 11 is 3.47. The summed E-state index contributed by atoms with van der Waals surface area (Å²) in [6.07, 6.45) is 3.68. The second-order valence-corrected chi connectivity index (χ2v) is 5.86. The van der Waals surface area contributed by atoms with Gasteiger partial charge in [-0.3, -0.25) is 4.90 Å². The van der Waals surface area contributed by atoms with E-state index in [9.17, 15) is 0 Å². The lowest BCUT2D eigenvalue weighted by Crippen LogP contribution is -2.42. The lowest BCUT2D eigenvalue weighted by atomic mass is 10.1. The molecular weight excluding hydrogens is 276 g/mol. The van der Waals surface area contributed by atoms with Gasteiger partial charge >= 0.3 is 0 Å². The third-order valence-corrected chi connectivity index (χ3v) is 4.23. The summed E-state index contributed by atoms with van der Waals surface area (Å²) in [6, 6.07) is 9.83. The zero-order valence-corrected chi connectivity index (χ0v) is 12.0. The van der Waals surface area contributed by atoms with Gasteiger partial charge < -0.3 is 5.73 Å². The highest BCUT2D eigenvalue weighted by molar-refractivity contribution is 9.10. The molecule has 1 aliphatic heterocycles. The first-order valence-corrected chi connectivity index (χ1v) is 7.20. The minimum Gasteiger partial charge on any atom is -0.329 e. The minimum atomic E-state index is 0.590. The van der Waals surface area contributed by atoms with Crippen molar-refractivity contribution in [2.24, 2.45) is 5.73 Å². The van der Waals surface area contributed by atoms with Crippen molar-refractivity contribution in [3.8, 4) is 0 Å². The van der Waals surface area contributed by atoms with Crippen LogP contribution < -0.4 is 5.73 Å². The molecule has 3 heteroatoms. The van der Waals surface area contributed by atoms with Crippen LogP contribution in [0.25, 0.3) is 0 Å². The third-order valence-electron chi connectivity index (χ3n) is 3.71. The van der Waals surface area contributed by atoms with Crippen LogP contribution in [-0.2, 0) is 6.42 Å². The summed E-state index contributed by atoms with van der Waals surface area (Å²) in [7, 11) is 0. The smallest absolute Gasteiger partial charge is 0.0221 e. The average molecular weight is 297 g/mol. The van der Waals surface area contributed by atoms with Crippen LogP contribution in [0.1, 0.15) is 25.3 Å². The molecule has 2 rings (SSSR count). The number of hydrogen-bond donors (Lipinski definition) is 1. The lowest BCUT2D eigenvalue weighted by Gasteiger charge is -2.30. The molecule has 1 aliphatic rings. The molecule has 1 heterocycles. The van der Waals surface area contributed by atoms with Crippen molar-refractivity contribution in [1.29, 1.82) is 0 Å². The first-order valence-electron chi connectivity index (χ1n) is 6.41. The van der Waals surface area contributed by atoms with Crippen LogP contribution in [0, 0.1) is 0 Å². The van der Waals surface area contributed by atoms with Gasteiger partial charge in [0, 0.05) is 23.1 Å². The first kappa shape index (κ1) is 13.1. The Bertz CT molecular complexity index is 350. The summed E-state index contributed by atoms with van der Waals surface area (Å²) in [4.78, 5) is 2.57. The Labute approximate surface area is 112 Å². The van der Waals surface area contributed by atoms with Crippen molar-refractivity contribution in [2.75, 3.05) is 13.1 Å². The molecule has 1 saturated heterocycles. The molecule has 0 spiro atoms. The lowest BCUT2D eigenvalue weighted by molar-refractivity contribution is 0.194. The van der Waals surface area contributed by atoms with Crippen LogP contribution in [0.3, 0.4) is 0 Å². The SMILES string of the molecule is CC(Cc1ccc(Br)cc1)N1CCCC1CN. The summed E-state index contributed by atoms with van der Waals surface area (Å²) < 4.78 is 1.15. The predicted molar refractivity (Wildman–Crippen MR) is 76.1 cm³/mol. The zero-order chi connectivity index (χ0) is 12.3. The summed E-state index contributed by atoms with van der Waals surface area (Å²) in [5.41, 5.74) is 7.23. The molecule has 1 aromatic rings. The van der Waals surface area contributed by atoms with E-state index in [1.54, 1.807) is 0 Å². The van der Waals surface area contributed by atoms with Gasteiger partial charge in [0.15, 0.2) is 0 Å². The van der Waals surface area contributed by atoms with Gasteiger partial charge in [-0.25, -0.2) is 0 Å². The molecule has 2 unspecified atom stereocenters. The van der Waals surface area contributed by atoms with Gasteiger partial charge in [0.2, 0.25) is 0 Å². The fraction of sp³-hybridized carbons (Fsp3) is 0.571. The van der Waals surface area contributed by atoms with Crippen molar-refractivity contribution in [3.63, 3.8) is 0 Å². The molecule has 1 aromatic carbocycles. The highest BCUT2D eigenvalue weighted by Crippen LogP contribution is 2.21. The maximum atomic E-state index is 5.83. The molecule has 0 bridgehead atoms. The Morgan fingerprint density at radius 1 is 1.41 bits per heavy atom. The van der Waals surface area contributed by atoms with Gasteiger partial charge in [-0.05, 0) is 50.4 Å². The quantitative estimate of drug-likeness (QED) is 0.926. The van der Waals surface area contributed by atoms with Crippen molar-refractivity contribution >= 4 is 15.9 Å². The van der Waals surface area contributed by atoms with Gasteiger partial charge in [0.05, 0.1) is 0 Å². The Morgan fingerprint density at radius 2 is 2.12 bits per heavy atom. The maximum Gasteiger partial charge on any atom is 0.0221 e. The van der Waals surface area contributed by atoms with E-state index in [0.29, 0.717) is 12.1 Å². The summed E-state index contributed by atoms with van der Waals surface area (Å²) in [5, 5.41) is 0. The van der Waals surface area contributed by atoms with E-state index in [1.165, 1.54) is 24.9 Å². The van der Waals surface area contributed by atoms with Crippen molar-refractivity contribution in [3.05, 3.63) is 34.3 Å². The van der Waals surface area contributed by atoms with E-state index in [2.05, 4.69) is 52.0 Å². The minimum absolute atomic E-state index is 0.590. The number of nitrogens with zero attached hydrogens (tertiary/aromatic N) is 1. The Hall–Kier alpha value is -0.380. The molecule has 2 atom stereocenters. The Morgan fingerprint density at radius 3 is 2.76 bits per heavy atom. The van der Waals surface area contributed by atoms with E-state index in [0.717, 1.165) is 17.4 Å². The molecule has 0 amide bonds. The topological polar surface area (TPSA) is 29.3 Å². The van der Waals surface area contributed by atoms with E-state index in [1.807, 2.05) is 0 Å². The fourth-order valence-electron chi connectivity index (χ4n) is 2.77. The summed E-state index contributed by atoms with van der Waals surface area (Å²) in [6.45, 7) is 4.32. The molecule has 0 saturated carbocycles. The molecule has 0 aromatic heterocycles. The van der Waals surface area contributed by atoms with Crippen molar-refractivity contribution < 1.29 is 0 Å². The van der Waals surface area contributed by atoms with Crippen LogP contribution in [0.5, 0.6) is 0 Å². The largest absolute Gasteiger partial charge is 0.329 e. The number of halogens is 1. The van der Waals surface area contributed by atoms with Crippen LogP contribution in [0.2, 0.25) is 0 Å². The Kier molecular flexibility index (Phi) is 4.60. The van der Waals surface area contributed by atoms with E-state index >= 15 is 0 Å². The normalized spacial score (nSPS) is 22.9. The third kappa shape index (κ3) is 3.30. The van der Waals surface area contributed by atoms with Crippen molar-refractivity contribution in [2.45, 2.75) is 38.3 Å². The second kappa shape index (κ2) is 5.98. The zero-order valence-electron chi connectivity index (χ0n) is 10.4. The molecule has 94 valence electrons. The molecular formula is C14H21BrN2. The van der Waals surface area contributed by atoms with Crippen LogP contribution in [-0.4, -0.2) is 30.1 Å². The van der Waals surface area contributed by atoms with Crippen LogP contribution in [0.15, 0.2) is 28.7 Å². The second-order valence-electron chi connectivity index (χ2n) is 4.95. The number of hydrogen-bond acceptors (Lipinski definition) is 2. The molecule has 0 aliphatic carbocycles. The molecule has 0 radical (unpaired) electrons. The number of likely N-dealkylation sites (tertiary alicyclic amines) is 1. The van der Waals surface area contributed by atoms with Gasteiger partial charge in [-0.2, -0.15) is 0 Å². The summed E-state index contributed by atoms with van der Waals surface area (Å²) in [5.74, 6) is 0. The fourth-order valence-corrected chi connectivity index (χ4v) is 3.03. The molecule has 2 N–H and O–H groups in total. The number of nitrogens with two attached hydrogens (primary N) is 1. The van der Waals surface area contributed by atoms with E-state index in [-0.39, 0.29) is 0 Å². The average Bonchev–Trinajstić information content (AvgIpc) is 2.80. The molecule has 2 nitrogen and oxygen atoms in total. The first-order chi connectivity index (χ1) is 8.20. The number of benzene rings is 1. The van der Waals surface area contributed by atoms with Gasteiger partial charge in [-0.15, -0.1) is 0 Å². The van der Waals surface area contributed by atoms with Gasteiger partial charge in [0.1, 0.15) is 0 Å². The predicted octanol–water partition coefficient (Wildman–Crippen LogP) is 2.80. The Balaban J connectivity index is 1.96. The van der Waals surface area contributed by atoms with Gasteiger partial charge in [-0.1, -0.05) is 28.1 Å². The van der Waals surface area contributed by atoms with E-state index < -0.39 is 0 Å². The maximum absolute atomic E-state index is 5.83. The van der Waals surface area contributed by atoms with Gasteiger partial charge in [0.25, 0.3) is 0 Å².